The SMILES string of the molecule is COc1ccc(NC(=O)CN2CCC=CC2CN)cc1. The Labute approximate surface area is 119 Å². The average molecular weight is 275 g/mol. The van der Waals surface area contributed by atoms with Crippen LogP contribution in [0.3, 0.4) is 0 Å². The number of hydrogen-bond donors (Lipinski definition) is 2. The molecule has 1 aromatic carbocycles. The first-order chi connectivity index (χ1) is 9.72. The maximum Gasteiger partial charge on any atom is 0.238 e. The minimum Gasteiger partial charge on any atom is -0.497 e. The lowest BCUT2D eigenvalue weighted by atomic mass is 10.1. The van der Waals surface area contributed by atoms with Crippen LogP contribution < -0.4 is 15.8 Å². The van der Waals surface area contributed by atoms with Gasteiger partial charge in [0.05, 0.1) is 13.7 Å². The van der Waals surface area contributed by atoms with E-state index in [1.54, 1.807) is 7.11 Å². The normalized spacial score (nSPS) is 18.8. The fourth-order valence-corrected chi connectivity index (χ4v) is 2.26. The van der Waals surface area contributed by atoms with Gasteiger partial charge in [0, 0.05) is 24.8 Å². The Morgan fingerprint density at radius 3 is 2.85 bits per heavy atom. The molecule has 20 heavy (non-hydrogen) atoms. The third kappa shape index (κ3) is 3.82. The van der Waals surface area contributed by atoms with Crippen LogP contribution in [0, 0.1) is 0 Å². The average Bonchev–Trinajstić information content (AvgIpc) is 2.48. The van der Waals surface area contributed by atoms with E-state index in [9.17, 15) is 4.79 Å². The molecule has 5 nitrogen and oxygen atoms in total. The molecule has 2 rings (SSSR count). The zero-order valence-corrected chi connectivity index (χ0v) is 11.7. The molecule has 1 aliphatic rings. The lowest BCUT2D eigenvalue weighted by Crippen LogP contribution is -2.45. The third-order valence-electron chi connectivity index (χ3n) is 3.37. The number of nitrogens with one attached hydrogen (secondary N) is 1. The molecule has 0 saturated carbocycles. The number of carbonyl (C=O) groups is 1. The van der Waals surface area contributed by atoms with Gasteiger partial charge in [0.1, 0.15) is 5.75 Å². The fourth-order valence-electron chi connectivity index (χ4n) is 2.26. The number of hydrogen-bond acceptors (Lipinski definition) is 4. The number of nitrogens with two attached hydrogens (primary N) is 1. The first-order valence-corrected chi connectivity index (χ1v) is 6.77. The van der Waals surface area contributed by atoms with E-state index < -0.39 is 0 Å². The number of rotatable bonds is 5. The number of anilines is 1. The van der Waals surface area contributed by atoms with E-state index in [0.29, 0.717) is 13.1 Å². The van der Waals surface area contributed by atoms with Crippen LogP contribution in [-0.4, -0.2) is 43.6 Å². The van der Waals surface area contributed by atoms with Gasteiger partial charge in [0.25, 0.3) is 0 Å². The molecule has 0 bridgehead atoms. The van der Waals surface area contributed by atoms with Gasteiger partial charge in [0.15, 0.2) is 0 Å². The zero-order valence-electron chi connectivity index (χ0n) is 11.7. The van der Waals surface area contributed by atoms with E-state index in [-0.39, 0.29) is 11.9 Å². The molecule has 0 fully saturated rings. The molecule has 3 N–H and O–H groups in total. The summed E-state index contributed by atoms with van der Waals surface area (Å²) in [6.07, 6.45) is 5.16. The van der Waals surface area contributed by atoms with Crippen LogP contribution in [0.15, 0.2) is 36.4 Å². The van der Waals surface area contributed by atoms with Gasteiger partial charge < -0.3 is 15.8 Å². The van der Waals surface area contributed by atoms with Gasteiger partial charge in [-0.15, -0.1) is 0 Å². The maximum atomic E-state index is 12.0. The molecule has 0 aromatic heterocycles. The van der Waals surface area contributed by atoms with Gasteiger partial charge in [0.2, 0.25) is 5.91 Å². The number of nitrogens with zero attached hydrogens (tertiary/aromatic N) is 1. The van der Waals surface area contributed by atoms with Gasteiger partial charge in [-0.25, -0.2) is 0 Å². The van der Waals surface area contributed by atoms with Gasteiger partial charge in [-0.1, -0.05) is 12.2 Å². The Morgan fingerprint density at radius 1 is 1.45 bits per heavy atom. The summed E-state index contributed by atoms with van der Waals surface area (Å²) in [5.74, 6) is 0.747. The van der Waals surface area contributed by atoms with Crippen LogP contribution >= 0.6 is 0 Å². The minimum absolute atomic E-state index is 0.0242. The standard InChI is InChI=1S/C15H21N3O2/c1-20-14-7-5-12(6-8-14)17-15(19)11-18-9-3-2-4-13(18)10-16/h2,4-8,13H,3,9-11,16H2,1H3,(H,17,19). The molecule has 1 atom stereocenters. The van der Waals surface area contributed by atoms with Crippen molar-refractivity contribution in [3.63, 3.8) is 0 Å². The molecule has 1 aliphatic heterocycles. The number of ether oxygens (including phenoxy) is 1. The fraction of sp³-hybridized carbons (Fsp3) is 0.400. The second-order valence-corrected chi connectivity index (χ2v) is 4.77. The van der Waals surface area contributed by atoms with Crippen molar-refractivity contribution >= 4 is 11.6 Å². The lowest BCUT2D eigenvalue weighted by Gasteiger charge is -2.30. The second-order valence-electron chi connectivity index (χ2n) is 4.77. The summed E-state index contributed by atoms with van der Waals surface area (Å²) in [5.41, 5.74) is 6.49. The van der Waals surface area contributed by atoms with Gasteiger partial charge in [-0.2, -0.15) is 0 Å². The Bertz CT molecular complexity index is 471. The predicted molar refractivity (Wildman–Crippen MR) is 79.8 cm³/mol. The first kappa shape index (κ1) is 14.6. The molecule has 0 aliphatic carbocycles. The smallest absolute Gasteiger partial charge is 0.238 e. The van der Waals surface area contributed by atoms with Gasteiger partial charge in [-0.05, 0) is 30.7 Å². The summed E-state index contributed by atoms with van der Waals surface area (Å²) in [6.45, 7) is 1.76. The lowest BCUT2D eigenvalue weighted by molar-refractivity contribution is -0.117. The van der Waals surface area contributed by atoms with E-state index in [1.165, 1.54) is 0 Å². The van der Waals surface area contributed by atoms with Crippen LogP contribution in [0.1, 0.15) is 6.42 Å². The Balaban J connectivity index is 1.89. The number of benzene rings is 1. The van der Waals surface area contributed by atoms with Gasteiger partial charge in [-0.3, -0.25) is 9.69 Å². The largest absolute Gasteiger partial charge is 0.497 e. The highest BCUT2D eigenvalue weighted by Crippen LogP contribution is 2.15. The zero-order chi connectivity index (χ0) is 14.4. The molecule has 0 spiro atoms. The molecule has 0 saturated heterocycles. The number of amides is 1. The maximum absolute atomic E-state index is 12.0. The molecule has 1 amide bonds. The Morgan fingerprint density at radius 2 is 2.20 bits per heavy atom. The number of methoxy groups -OCH3 is 1. The van der Waals surface area contributed by atoms with Crippen molar-refractivity contribution < 1.29 is 9.53 Å². The summed E-state index contributed by atoms with van der Waals surface area (Å²) in [7, 11) is 1.62. The van der Waals surface area contributed by atoms with Gasteiger partial charge >= 0.3 is 0 Å². The van der Waals surface area contributed by atoms with E-state index >= 15 is 0 Å². The van der Waals surface area contributed by atoms with E-state index in [2.05, 4.69) is 22.4 Å². The third-order valence-corrected chi connectivity index (χ3v) is 3.37. The monoisotopic (exact) mass is 275 g/mol. The summed E-state index contributed by atoms with van der Waals surface area (Å²) in [5, 5.41) is 2.88. The molecule has 0 radical (unpaired) electrons. The molecular weight excluding hydrogens is 254 g/mol. The predicted octanol–water partition coefficient (Wildman–Crippen LogP) is 1.22. The number of carbonyl (C=O) groups excluding carboxylic acids is 1. The van der Waals surface area contributed by atoms with E-state index in [4.69, 9.17) is 10.5 Å². The molecule has 5 heteroatoms. The van der Waals surface area contributed by atoms with Crippen molar-refractivity contribution in [2.45, 2.75) is 12.5 Å². The summed E-state index contributed by atoms with van der Waals surface area (Å²) >= 11 is 0. The molecule has 1 aromatic rings. The summed E-state index contributed by atoms with van der Waals surface area (Å²) < 4.78 is 5.08. The van der Waals surface area contributed by atoms with E-state index in [1.807, 2.05) is 24.3 Å². The van der Waals surface area contributed by atoms with Crippen LogP contribution in [0.4, 0.5) is 5.69 Å². The minimum atomic E-state index is -0.0242. The van der Waals surface area contributed by atoms with Crippen molar-refractivity contribution in [1.82, 2.24) is 4.90 Å². The van der Waals surface area contributed by atoms with Crippen molar-refractivity contribution in [1.29, 1.82) is 0 Å². The Kier molecular flexibility index (Phi) is 5.15. The molecule has 1 unspecified atom stereocenters. The van der Waals surface area contributed by atoms with Crippen molar-refractivity contribution in [2.24, 2.45) is 5.73 Å². The summed E-state index contributed by atoms with van der Waals surface area (Å²) in [4.78, 5) is 14.1. The van der Waals surface area contributed by atoms with E-state index in [0.717, 1.165) is 24.4 Å². The molecular formula is C15H21N3O2. The summed E-state index contributed by atoms with van der Waals surface area (Å²) in [6, 6.07) is 7.45. The molecule has 1 heterocycles. The highest BCUT2D eigenvalue weighted by Gasteiger charge is 2.19. The first-order valence-electron chi connectivity index (χ1n) is 6.77. The van der Waals surface area contributed by atoms with Crippen LogP contribution in [-0.2, 0) is 4.79 Å². The topological polar surface area (TPSA) is 67.6 Å². The quantitative estimate of drug-likeness (QED) is 0.793. The van der Waals surface area contributed by atoms with Crippen LogP contribution in [0.2, 0.25) is 0 Å². The van der Waals surface area contributed by atoms with Crippen LogP contribution in [0.25, 0.3) is 0 Å². The highest BCUT2D eigenvalue weighted by molar-refractivity contribution is 5.92. The Hall–Kier alpha value is -1.85. The molecule has 108 valence electrons. The van der Waals surface area contributed by atoms with Crippen LogP contribution in [0.5, 0.6) is 5.75 Å². The highest BCUT2D eigenvalue weighted by atomic mass is 16.5. The van der Waals surface area contributed by atoms with Crippen molar-refractivity contribution in [3.8, 4) is 5.75 Å². The van der Waals surface area contributed by atoms with Crippen molar-refractivity contribution in [3.05, 3.63) is 36.4 Å². The van der Waals surface area contributed by atoms with Crippen molar-refractivity contribution in [2.75, 3.05) is 32.1 Å². The second kappa shape index (κ2) is 7.07.